The summed E-state index contributed by atoms with van der Waals surface area (Å²) in [5.41, 5.74) is -0.469. The lowest BCUT2D eigenvalue weighted by atomic mass is 9.97. The molecule has 0 spiro atoms. The van der Waals surface area contributed by atoms with Crippen LogP contribution in [-0.4, -0.2) is 32.1 Å². The molecule has 4 nitrogen and oxygen atoms in total. The van der Waals surface area contributed by atoms with Gasteiger partial charge in [0.15, 0.2) is 6.29 Å². The van der Waals surface area contributed by atoms with Crippen LogP contribution in [0.2, 0.25) is 0 Å². The van der Waals surface area contributed by atoms with Gasteiger partial charge in [-0.15, -0.1) is 0 Å². The Kier molecular flexibility index (Phi) is 3.88. The Morgan fingerprint density at radius 1 is 1.40 bits per heavy atom. The zero-order chi connectivity index (χ0) is 11.5. The van der Waals surface area contributed by atoms with Gasteiger partial charge in [0.2, 0.25) is 0 Å². The summed E-state index contributed by atoms with van der Waals surface area (Å²) in [5, 5.41) is 0. The third kappa shape index (κ3) is 3.64. The molecule has 0 aromatic rings. The molecule has 0 saturated carbocycles. The largest absolute Gasteiger partial charge is 0.462 e. The normalized spacial score (nSPS) is 25.6. The van der Waals surface area contributed by atoms with Crippen molar-refractivity contribution in [2.45, 2.75) is 33.2 Å². The third-order valence-corrected chi connectivity index (χ3v) is 2.02. The number of esters is 1. The minimum atomic E-state index is -0.469. The van der Waals surface area contributed by atoms with E-state index in [9.17, 15) is 4.79 Å². The summed E-state index contributed by atoms with van der Waals surface area (Å²) in [6.07, 6.45) is 3.13. The zero-order valence-corrected chi connectivity index (χ0v) is 9.65. The van der Waals surface area contributed by atoms with Gasteiger partial charge >= 0.3 is 5.97 Å². The van der Waals surface area contributed by atoms with E-state index < -0.39 is 5.41 Å². The molecule has 0 amide bonds. The fraction of sp³-hybridized carbons (Fsp3) is 0.727. The van der Waals surface area contributed by atoms with E-state index >= 15 is 0 Å². The van der Waals surface area contributed by atoms with Crippen LogP contribution >= 0.6 is 0 Å². The van der Waals surface area contributed by atoms with Crippen molar-refractivity contribution in [2.75, 3.05) is 13.7 Å². The van der Waals surface area contributed by atoms with Crippen LogP contribution in [0, 0.1) is 5.41 Å². The number of ether oxygens (including phenoxy) is 3. The Morgan fingerprint density at radius 2 is 2.07 bits per heavy atom. The molecule has 1 heterocycles. The van der Waals surface area contributed by atoms with E-state index in [1.165, 1.54) is 0 Å². The summed E-state index contributed by atoms with van der Waals surface area (Å²) in [6.45, 7) is 5.70. The second-order valence-electron chi connectivity index (χ2n) is 4.51. The van der Waals surface area contributed by atoms with Gasteiger partial charge in [-0.1, -0.05) is 6.08 Å². The first-order valence-corrected chi connectivity index (χ1v) is 4.97. The maximum atomic E-state index is 11.4. The van der Waals surface area contributed by atoms with Gasteiger partial charge in [-0.3, -0.25) is 4.79 Å². The molecule has 0 aromatic heterocycles. The molecule has 86 valence electrons. The van der Waals surface area contributed by atoms with Crippen molar-refractivity contribution in [2.24, 2.45) is 5.41 Å². The molecule has 1 rings (SSSR count). The molecule has 1 aliphatic rings. The van der Waals surface area contributed by atoms with Crippen LogP contribution in [0.4, 0.5) is 0 Å². The van der Waals surface area contributed by atoms with Crippen molar-refractivity contribution >= 4 is 5.97 Å². The van der Waals surface area contributed by atoms with E-state index in [0.717, 1.165) is 0 Å². The highest BCUT2D eigenvalue weighted by Crippen LogP contribution is 2.17. The van der Waals surface area contributed by atoms with Crippen LogP contribution in [0.5, 0.6) is 0 Å². The highest BCUT2D eigenvalue weighted by atomic mass is 16.7. The van der Waals surface area contributed by atoms with E-state index in [1.807, 2.05) is 26.8 Å². The summed E-state index contributed by atoms with van der Waals surface area (Å²) in [5.74, 6) is -0.222. The number of carbonyl (C=O) groups excluding carboxylic acids is 1. The van der Waals surface area contributed by atoms with Crippen LogP contribution in [0.15, 0.2) is 12.2 Å². The predicted octanol–water partition coefficient (Wildman–Crippen LogP) is 1.50. The smallest absolute Gasteiger partial charge is 0.311 e. The van der Waals surface area contributed by atoms with Gasteiger partial charge in [-0.2, -0.15) is 0 Å². The molecule has 0 unspecified atom stereocenters. The van der Waals surface area contributed by atoms with Crippen molar-refractivity contribution < 1.29 is 19.0 Å². The molecule has 0 bridgehead atoms. The summed E-state index contributed by atoms with van der Waals surface area (Å²) >= 11 is 0. The Hall–Kier alpha value is -0.870. The molecule has 4 heteroatoms. The highest BCUT2D eigenvalue weighted by Gasteiger charge is 2.25. The fourth-order valence-corrected chi connectivity index (χ4v) is 1.08. The van der Waals surface area contributed by atoms with Gasteiger partial charge in [0.05, 0.1) is 5.41 Å². The van der Waals surface area contributed by atoms with E-state index in [-0.39, 0.29) is 25.0 Å². The van der Waals surface area contributed by atoms with E-state index in [2.05, 4.69) is 0 Å². The Morgan fingerprint density at radius 3 is 2.53 bits per heavy atom. The molecule has 0 N–H and O–H groups in total. The molecule has 0 radical (unpaired) electrons. The zero-order valence-electron chi connectivity index (χ0n) is 9.65. The number of hydrogen-bond donors (Lipinski definition) is 0. The topological polar surface area (TPSA) is 44.8 Å². The average Bonchev–Trinajstić information content (AvgIpc) is 2.60. The van der Waals surface area contributed by atoms with Gasteiger partial charge < -0.3 is 14.2 Å². The predicted molar refractivity (Wildman–Crippen MR) is 55.2 cm³/mol. The monoisotopic (exact) mass is 214 g/mol. The van der Waals surface area contributed by atoms with Crippen molar-refractivity contribution in [3.05, 3.63) is 12.2 Å². The Labute approximate surface area is 90.2 Å². The lowest BCUT2D eigenvalue weighted by molar-refractivity contribution is -0.161. The number of rotatable bonds is 3. The van der Waals surface area contributed by atoms with Crippen LogP contribution < -0.4 is 0 Å². The molecule has 2 atom stereocenters. The first-order valence-electron chi connectivity index (χ1n) is 4.97. The van der Waals surface area contributed by atoms with Crippen LogP contribution in [0.25, 0.3) is 0 Å². The van der Waals surface area contributed by atoms with Gasteiger partial charge in [0.25, 0.3) is 0 Å². The highest BCUT2D eigenvalue weighted by molar-refractivity contribution is 5.75. The Balaban J connectivity index is 2.28. The molecule has 15 heavy (non-hydrogen) atoms. The summed E-state index contributed by atoms with van der Waals surface area (Å²) in [4.78, 5) is 11.4. The minimum Gasteiger partial charge on any atom is -0.462 e. The first-order chi connectivity index (χ1) is 6.93. The van der Waals surface area contributed by atoms with Crippen molar-refractivity contribution in [3.63, 3.8) is 0 Å². The lowest BCUT2D eigenvalue weighted by Crippen LogP contribution is -2.27. The second kappa shape index (κ2) is 4.77. The lowest BCUT2D eigenvalue weighted by Gasteiger charge is -2.18. The first kappa shape index (κ1) is 12.2. The fourth-order valence-electron chi connectivity index (χ4n) is 1.08. The van der Waals surface area contributed by atoms with E-state index in [0.29, 0.717) is 0 Å². The molecule has 0 aliphatic carbocycles. The van der Waals surface area contributed by atoms with Crippen molar-refractivity contribution in [3.8, 4) is 0 Å². The number of methoxy groups -OCH3 is 1. The van der Waals surface area contributed by atoms with Gasteiger partial charge in [0.1, 0.15) is 12.7 Å². The van der Waals surface area contributed by atoms with Crippen LogP contribution in [0.1, 0.15) is 20.8 Å². The molecular formula is C11H18O4. The minimum absolute atomic E-state index is 0.193. The van der Waals surface area contributed by atoms with Crippen molar-refractivity contribution in [1.29, 1.82) is 0 Å². The molecular weight excluding hydrogens is 196 g/mol. The maximum absolute atomic E-state index is 11.4. The standard InChI is InChI=1S/C11H18O4/c1-11(2,3)10(12)14-7-8-5-6-9(13-4)15-8/h5-6,8-9H,7H2,1-4H3/t8-,9+/m0/s1. The van der Waals surface area contributed by atoms with Gasteiger partial charge in [-0.25, -0.2) is 0 Å². The third-order valence-electron chi connectivity index (χ3n) is 2.02. The Bertz CT molecular complexity index is 252. The molecule has 0 aromatic carbocycles. The van der Waals surface area contributed by atoms with Crippen LogP contribution in [-0.2, 0) is 19.0 Å². The maximum Gasteiger partial charge on any atom is 0.311 e. The average molecular weight is 214 g/mol. The summed E-state index contributed by atoms with van der Waals surface area (Å²) < 4.78 is 15.4. The molecule has 0 saturated heterocycles. The van der Waals surface area contributed by atoms with Gasteiger partial charge in [-0.05, 0) is 26.8 Å². The number of hydrogen-bond acceptors (Lipinski definition) is 4. The SMILES string of the molecule is CO[C@H]1C=C[C@@H](COC(=O)C(C)(C)C)O1. The van der Waals surface area contributed by atoms with Crippen LogP contribution in [0.3, 0.4) is 0 Å². The molecule has 1 aliphatic heterocycles. The second-order valence-corrected chi connectivity index (χ2v) is 4.51. The van der Waals surface area contributed by atoms with E-state index in [4.69, 9.17) is 14.2 Å². The summed E-state index contributed by atoms with van der Waals surface area (Å²) in [6, 6.07) is 0. The quantitative estimate of drug-likeness (QED) is 0.527. The number of carbonyl (C=O) groups is 1. The summed E-state index contributed by atoms with van der Waals surface area (Å²) in [7, 11) is 1.57. The van der Waals surface area contributed by atoms with Gasteiger partial charge in [0, 0.05) is 7.11 Å². The molecule has 0 fully saturated rings. The van der Waals surface area contributed by atoms with E-state index in [1.54, 1.807) is 13.2 Å². The van der Waals surface area contributed by atoms with Crippen molar-refractivity contribution in [1.82, 2.24) is 0 Å².